The quantitative estimate of drug-likeness (QED) is 0.740. The lowest BCUT2D eigenvalue weighted by atomic mass is 10.2. The molecule has 6 nitrogen and oxygen atoms in total. The number of aromatic nitrogens is 1. The van der Waals surface area contributed by atoms with Gasteiger partial charge in [0.05, 0.1) is 24.2 Å². The molecule has 0 aliphatic carbocycles. The minimum atomic E-state index is -3.62. The molecule has 2 rings (SSSR count). The SMILES string of the molecule is CS(=O)(=O)N(CCC(=O)Nc1ccc(F)c(F)c1F)Cc1ccccn1. The summed E-state index contributed by atoms with van der Waals surface area (Å²) >= 11 is 0. The molecule has 1 heterocycles. The monoisotopic (exact) mass is 387 g/mol. The molecule has 0 atom stereocenters. The van der Waals surface area contributed by atoms with Crippen LogP contribution in [-0.2, 0) is 21.4 Å². The average molecular weight is 387 g/mol. The van der Waals surface area contributed by atoms with E-state index in [1.165, 1.54) is 6.20 Å². The molecule has 1 aromatic heterocycles. The number of rotatable bonds is 7. The second-order valence-corrected chi connectivity index (χ2v) is 7.42. The fraction of sp³-hybridized carbons (Fsp3) is 0.250. The molecule has 0 saturated heterocycles. The number of nitrogens with zero attached hydrogens (tertiary/aromatic N) is 2. The molecule has 0 unspecified atom stereocenters. The maximum Gasteiger partial charge on any atom is 0.225 e. The predicted molar refractivity (Wildman–Crippen MR) is 89.1 cm³/mol. The summed E-state index contributed by atoms with van der Waals surface area (Å²) in [4.78, 5) is 15.9. The van der Waals surface area contributed by atoms with Gasteiger partial charge in [-0.2, -0.15) is 4.31 Å². The predicted octanol–water partition coefficient (Wildman–Crippen LogP) is 2.29. The van der Waals surface area contributed by atoms with E-state index < -0.39 is 39.1 Å². The van der Waals surface area contributed by atoms with Gasteiger partial charge in [-0.1, -0.05) is 6.07 Å². The van der Waals surface area contributed by atoms with Crippen LogP contribution in [0.4, 0.5) is 18.9 Å². The normalized spacial score (nSPS) is 11.6. The van der Waals surface area contributed by atoms with E-state index in [2.05, 4.69) is 10.3 Å². The maximum atomic E-state index is 13.6. The number of halogens is 3. The van der Waals surface area contributed by atoms with Crippen molar-refractivity contribution in [3.8, 4) is 0 Å². The van der Waals surface area contributed by atoms with E-state index in [4.69, 9.17) is 0 Å². The number of hydrogen-bond acceptors (Lipinski definition) is 4. The van der Waals surface area contributed by atoms with Crippen molar-refractivity contribution in [1.29, 1.82) is 0 Å². The van der Waals surface area contributed by atoms with Crippen molar-refractivity contribution in [2.75, 3.05) is 18.1 Å². The highest BCUT2D eigenvalue weighted by Gasteiger charge is 2.20. The smallest absolute Gasteiger partial charge is 0.225 e. The summed E-state index contributed by atoms with van der Waals surface area (Å²) in [5.41, 5.74) is -0.0329. The highest BCUT2D eigenvalue weighted by atomic mass is 32.2. The average Bonchev–Trinajstić information content (AvgIpc) is 2.59. The van der Waals surface area contributed by atoms with Crippen molar-refractivity contribution < 1.29 is 26.4 Å². The van der Waals surface area contributed by atoms with Crippen LogP contribution < -0.4 is 5.32 Å². The third-order valence-corrected chi connectivity index (χ3v) is 4.68. The summed E-state index contributed by atoms with van der Waals surface area (Å²) in [6, 6.07) is 6.57. The van der Waals surface area contributed by atoms with Crippen molar-refractivity contribution in [3.63, 3.8) is 0 Å². The minimum absolute atomic E-state index is 0.0352. The van der Waals surface area contributed by atoms with Crippen LogP contribution in [0.25, 0.3) is 0 Å². The first kappa shape index (κ1) is 19.9. The van der Waals surface area contributed by atoms with Gasteiger partial charge >= 0.3 is 0 Å². The van der Waals surface area contributed by atoms with E-state index in [9.17, 15) is 26.4 Å². The van der Waals surface area contributed by atoms with Crippen molar-refractivity contribution >= 4 is 21.6 Å². The highest BCUT2D eigenvalue weighted by Crippen LogP contribution is 2.19. The Balaban J connectivity index is 2.02. The van der Waals surface area contributed by atoms with Crippen LogP contribution in [0.1, 0.15) is 12.1 Å². The Morgan fingerprint density at radius 3 is 2.50 bits per heavy atom. The Morgan fingerprint density at radius 1 is 1.15 bits per heavy atom. The summed E-state index contributed by atoms with van der Waals surface area (Å²) in [7, 11) is -3.62. The molecule has 140 valence electrons. The largest absolute Gasteiger partial charge is 0.323 e. The van der Waals surface area contributed by atoms with Crippen molar-refractivity contribution in [1.82, 2.24) is 9.29 Å². The summed E-state index contributed by atoms with van der Waals surface area (Å²) in [6.45, 7) is -0.223. The first-order valence-electron chi connectivity index (χ1n) is 7.47. The number of pyridine rings is 1. The van der Waals surface area contributed by atoms with Crippen LogP contribution in [-0.4, -0.2) is 36.4 Å². The molecule has 1 N–H and O–H groups in total. The molecule has 0 aliphatic rings. The second-order valence-electron chi connectivity index (χ2n) is 5.44. The Hall–Kier alpha value is -2.46. The van der Waals surface area contributed by atoms with E-state index in [0.29, 0.717) is 11.8 Å². The molecule has 1 amide bonds. The minimum Gasteiger partial charge on any atom is -0.323 e. The fourth-order valence-electron chi connectivity index (χ4n) is 2.10. The molecule has 1 aromatic carbocycles. The molecule has 0 saturated carbocycles. The number of amides is 1. The summed E-state index contributed by atoms with van der Waals surface area (Å²) in [5, 5.41) is 2.09. The van der Waals surface area contributed by atoms with E-state index in [1.807, 2.05) is 0 Å². The molecule has 0 radical (unpaired) electrons. The zero-order valence-corrected chi connectivity index (χ0v) is 14.6. The van der Waals surface area contributed by atoms with Crippen LogP contribution in [0.15, 0.2) is 36.5 Å². The zero-order valence-electron chi connectivity index (χ0n) is 13.7. The van der Waals surface area contributed by atoms with E-state index in [0.717, 1.165) is 16.6 Å². The molecule has 0 aliphatic heterocycles. The Bertz CT molecular complexity index is 892. The Morgan fingerprint density at radius 2 is 1.88 bits per heavy atom. The molecule has 0 spiro atoms. The number of carbonyl (C=O) groups is 1. The second kappa shape index (κ2) is 8.28. The molecule has 0 fully saturated rings. The van der Waals surface area contributed by atoms with Crippen LogP contribution in [0.5, 0.6) is 0 Å². The lowest BCUT2D eigenvalue weighted by Gasteiger charge is -2.19. The van der Waals surface area contributed by atoms with Gasteiger partial charge in [-0.3, -0.25) is 9.78 Å². The first-order valence-corrected chi connectivity index (χ1v) is 9.31. The maximum absolute atomic E-state index is 13.6. The van der Waals surface area contributed by atoms with Crippen molar-refractivity contribution in [2.24, 2.45) is 0 Å². The van der Waals surface area contributed by atoms with Gasteiger partial charge in [0.2, 0.25) is 15.9 Å². The molecule has 26 heavy (non-hydrogen) atoms. The third kappa shape index (κ3) is 5.27. The van der Waals surface area contributed by atoms with Crippen molar-refractivity contribution in [2.45, 2.75) is 13.0 Å². The number of nitrogens with one attached hydrogen (secondary N) is 1. The van der Waals surface area contributed by atoms with Gasteiger partial charge in [0.15, 0.2) is 17.5 Å². The summed E-state index contributed by atoms with van der Waals surface area (Å²) in [5.74, 6) is -5.34. The molecular formula is C16H16F3N3O3S. The summed E-state index contributed by atoms with van der Waals surface area (Å²) < 4.78 is 64.3. The zero-order chi connectivity index (χ0) is 19.3. The van der Waals surface area contributed by atoms with Crippen molar-refractivity contribution in [3.05, 3.63) is 59.7 Å². The molecule has 0 bridgehead atoms. The molecular weight excluding hydrogens is 371 g/mol. The van der Waals surface area contributed by atoms with Gasteiger partial charge in [-0.25, -0.2) is 21.6 Å². The number of sulfonamides is 1. The van der Waals surface area contributed by atoms with Gasteiger partial charge in [0.25, 0.3) is 0 Å². The Kier molecular flexibility index (Phi) is 6.32. The number of hydrogen-bond donors (Lipinski definition) is 1. The van der Waals surface area contributed by atoms with Crippen LogP contribution in [0.2, 0.25) is 0 Å². The van der Waals surface area contributed by atoms with E-state index >= 15 is 0 Å². The fourth-order valence-corrected chi connectivity index (χ4v) is 2.89. The summed E-state index contributed by atoms with van der Waals surface area (Å²) in [6.07, 6.45) is 2.19. The topological polar surface area (TPSA) is 79.4 Å². The molecule has 2 aromatic rings. The van der Waals surface area contributed by atoms with Gasteiger partial charge in [-0.15, -0.1) is 0 Å². The number of benzene rings is 1. The lowest BCUT2D eigenvalue weighted by Crippen LogP contribution is -2.33. The van der Waals surface area contributed by atoms with Crippen LogP contribution >= 0.6 is 0 Å². The van der Waals surface area contributed by atoms with E-state index in [-0.39, 0.29) is 19.5 Å². The van der Waals surface area contributed by atoms with Gasteiger partial charge in [0, 0.05) is 19.2 Å². The first-order chi connectivity index (χ1) is 12.2. The number of carbonyl (C=O) groups excluding carboxylic acids is 1. The van der Waals surface area contributed by atoms with Gasteiger partial charge < -0.3 is 5.32 Å². The number of anilines is 1. The lowest BCUT2D eigenvalue weighted by molar-refractivity contribution is -0.116. The van der Waals surface area contributed by atoms with Crippen LogP contribution in [0.3, 0.4) is 0 Å². The Labute approximate surface area is 148 Å². The third-order valence-electron chi connectivity index (χ3n) is 3.43. The van der Waals surface area contributed by atoms with Crippen LogP contribution in [0, 0.1) is 17.5 Å². The highest BCUT2D eigenvalue weighted by molar-refractivity contribution is 7.88. The van der Waals surface area contributed by atoms with Gasteiger partial charge in [0.1, 0.15) is 0 Å². The standard InChI is InChI=1S/C16H16F3N3O3S/c1-26(24,25)22(10-11-4-2-3-8-20-11)9-7-14(23)21-13-6-5-12(17)15(18)16(13)19/h2-6,8H,7,9-10H2,1H3,(H,21,23). The van der Waals surface area contributed by atoms with Gasteiger partial charge in [-0.05, 0) is 24.3 Å². The van der Waals surface area contributed by atoms with E-state index in [1.54, 1.807) is 18.2 Å². The molecule has 10 heteroatoms.